The van der Waals surface area contributed by atoms with E-state index >= 15 is 0 Å². The zero-order valence-electron chi connectivity index (χ0n) is 8.29. The molecule has 0 fully saturated rings. The first-order chi connectivity index (χ1) is 7.22. The van der Waals surface area contributed by atoms with Crippen molar-refractivity contribution >= 4 is 23.6 Å². The maximum atomic E-state index is 8.98. The minimum absolute atomic E-state index is 0.387. The molecule has 0 amide bonds. The maximum absolute atomic E-state index is 8.98. The van der Waals surface area contributed by atoms with Gasteiger partial charge in [0.2, 0.25) is 0 Å². The van der Waals surface area contributed by atoms with Crippen molar-refractivity contribution in [3.8, 4) is 0 Å². The molecule has 0 aliphatic carbocycles. The lowest BCUT2D eigenvalue weighted by Crippen LogP contribution is -2.30. The first kappa shape index (κ1) is 10.2. The van der Waals surface area contributed by atoms with Crippen LogP contribution in [0.3, 0.4) is 0 Å². The molecular formula is C9H11BN2O3. The van der Waals surface area contributed by atoms with Crippen LogP contribution in [-0.4, -0.2) is 33.8 Å². The Balaban J connectivity index is 2.47. The molecule has 0 aromatic carbocycles. The number of ether oxygens (including phenoxy) is 1. The van der Waals surface area contributed by atoms with Crippen molar-refractivity contribution in [2.24, 2.45) is 0 Å². The molecule has 2 rings (SSSR count). The SMILES string of the molecule is COCn1ccc2cc(B(O)O)cnc21. The number of pyridine rings is 1. The van der Waals surface area contributed by atoms with E-state index in [4.69, 9.17) is 14.8 Å². The predicted molar refractivity (Wildman–Crippen MR) is 56.6 cm³/mol. The summed E-state index contributed by atoms with van der Waals surface area (Å²) >= 11 is 0. The van der Waals surface area contributed by atoms with Gasteiger partial charge in [0.05, 0.1) is 0 Å². The summed E-state index contributed by atoms with van der Waals surface area (Å²) in [7, 11) is 0.130. The summed E-state index contributed by atoms with van der Waals surface area (Å²) in [4.78, 5) is 4.14. The Morgan fingerprint density at radius 1 is 1.53 bits per heavy atom. The molecule has 6 heteroatoms. The van der Waals surface area contributed by atoms with Gasteiger partial charge in [-0.3, -0.25) is 0 Å². The van der Waals surface area contributed by atoms with Gasteiger partial charge < -0.3 is 19.4 Å². The third-order valence-electron chi connectivity index (χ3n) is 2.19. The van der Waals surface area contributed by atoms with Crippen molar-refractivity contribution in [3.63, 3.8) is 0 Å². The van der Waals surface area contributed by atoms with Crippen molar-refractivity contribution in [3.05, 3.63) is 24.5 Å². The van der Waals surface area contributed by atoms with Crippen LogP contribution in [0.1, 0.15) is 0 Å². The van der Waals surface area contributed by atoms with E-state index in [9.17, 15) is 0 Å². The molecule has 2 aromatic rings. The molecule has 2 N–H and O–H groups in total. The van der Waals surface area contributed by atoms with Crippen LogP contribution in [0.5, 0.6) is 0 Å². The monoisotopic (exact) mass is 206 g/mol. The van der Waals surface area contributed by atoms with Crippen molar-refractivity contribution in [1.82, 2.24) is 9.55 Å². The highest BCUT2D eigenvalue weighted by Crippen LogP contribution is 2.11. The van der Waals surface area contributed by atoms with Crippen molar-refractivity contribution in [2.45, 2.75) is 6.73 Å². The fourth-order valence-electron chi connectivity index (χ4n) is 1.48. The van der Waals surface area contributed by atoms with Crippen molar-refractivity contribution < 1.29 is 14.8 Å². The molecule has 0 unspecified atom stereocenters. The lowest BCUT2D eigenvalue weighted by atomic mass is 9.81. The van der Waals surface area contributed by atoms with Gasteiger partial charge >= 0.3 is 7.12 Å². The molecule has 2 aromatic heterocycles. The van der Waals surface area contributed by atoms with Crippen LogP contribution in [0, 0.1) is 0 Å². The third-order valence-corrected chi connectivity index (χ3v) is 2.19. The lowest BCUT2D eigenvalue weighted by molar-refractivity contribution is 0.134. The Hall–Kier alpha value is -1.37. The second-order valence-electron chi connectivity index (χ2n) is 3.26. The van der Waals surface area contributed by atoms with Gasteiger partial charge in [-0.1, -0.05) is 0 Å². The molecule has 0 bridgehead atoms. The first-order valence-corrected chi connectivity index (χ1v) is 4.52. The highest BCUT2D eigenvalue weighted by molar-refractivity contribution is 6.58. The molecule has 0 saturated heterocycles. The van der Waals surface area contributed by atoms with Crippen molar-refractivity contribution in [2.75, 3.05) is 7.11 Å². The van der Waals surface area contributed by atoms with Gasteiger partial charge in [-0.25, -0.2) is 4.98 Å². The van der Waals surface area contributed by atoms with E-state index in [0.29, 0.717) is 12.2 Å². The van der Waals surface area contributed by atoms with Crippen molar-refractivity contribution in [1.29, 1.82) is 0 Å². The van der Waals surface area contributed by atoms with Crippen LogP contribution < -0.4 is 5.46 Å². The Morgan fingerprint density at radius 3 is 3.00 bits per heavy atom. The fourth-order valence-corrected chi connectivity index (χ4v) is 1.48. The van der Waals surface area contributed by atoms with E-state index < -0.39 is 7.12 Å². The molecule has 0 aliphatic heterocycles. The van der Waals surface area contributed by atoms with Crippen LogP contribution in [0.4, 0.5) is 0 Å². The summed E-state index contributed by atoms with van der Waals surface area (Å²) in [6.07, 6.45) is 3.29. The zero-order chi connectivity index (χ0) is 10.8. The highest BCUT2D eigenvalue weighted by Gasteiger charge is 2.12. The third kappa shape index (κ3) is 1.87. The predicted octanol–water partition coefficient (Wildman–Crippen LogP) is -0.680. The number of aromatic nitrogens is 2. The van der Waals surface area contributed by atoms with E-state index in [0.717, 1.165) is 11.0 Å². The summed E-state index contributed by atoms with van der Waals surface area (Å²) in [6, 6.07) is 3.55. The standard InChI is InChI=1S/C9H11BN2O3/c1-15-6-12-3-2-7-4-8(10(13)14)5-11-9(7)12/h2-5,13-14H,6H2,1H3. The summed E-state index contributed by atoms with van der Waals surface area (Å²) in [5.74, 6) is 0. The lowest BCUT2D eigenvalue weighted by Gasteiger charge is -2.03. The van der Waals surface area contributed by atoms with Crippen LogP contribution in [-0.2, 0) is 11.5 Å². The number of nitrogens with zero attached hydrogens (tertiary/aromatic N) is 2. The molecule has 15 heavy (non-hydrogen) atoms. The number of hydrogen-bond acceptors (Lipinski definition) is 4. The summed E-state index contributed by atoms with van der Waals surface area (Å²) in [6.45, 7) is 0.428. The molecule has 2 heterocycles. The number of hydrogen-bond donors (Lipinski definition) is 2. The minimum Gasteiger partial charge on any atom is -0.423 e. The second-order valence-corrected chi connectivity index (χ2v) is 3.26. The molecule has 5 nitrogen and oxygen atoms in total. The normalized spacial score (nSPS) is 10.9. The number of fused-ring (bicyclic) bond motifs is 1. The molecule has 0 atom stereocenters. The Morgan fingerprint density at radius 2 is 2.33 bits per heavy atom. The van der Waals surface area contributed by atoms with Gasteiger partial charge in [0, 0.05) is 30.4 Å². The topological polar surface area (TPSA) is 67.5 Å². The fraction of sp³-hybridized carbons (Fsp3) is 0.222. The molecule has 0 spiro atoms. The maximum Gasteiger partial charge on any atom is 0.490 e. The average molecular weight is 206 g/mol. The molecule has 0 aliphatic rings. The van der Waals surface area contributed by atoms with E-state index in [1.54, 1.807) is 13.2 Å². The minimum atomic E-state index is -1.48. The summed E-state index contributed by atoms with van der Waals surface area (Å²) in [5, 5.41) is 18.8. The Labute approximate surface area is 87.1 Å². The Kier molecular flexibility index (Phi) is 2.72. The van der Waals surface area contributed by atoms with Gasteiger partial charge in [0.15, 0.2) is 0 Å². The van der Waals surface area contributed by atoms with E-state index in [2.05, 4.69) is 4.98 Å². The molecular weight excluding hydrogens is 195 g/mol. The van der Waals surface area contributed by atoms with Crippen LogP contribution in [0.2, 0.25) is 0 Å². The second kappa shape index (κ2) is 4.02. The largest absolute Gasteiger partial charge is 0.490 e. The van der Waals surface area contributed by atoms with E-state index in [-0.39, 0.29) is 0 Å². The van der Waals surface area contributed by atoms with Gasteiger partial charge in [-0.05, 0) is 12.1 Å². The summed E-state index contributed by atoms with van der Waals surface area (Å²) < 4.78 is 6.83. The molecule has 78 valence electrons. The molecule has 0 radical (unpaired) electrons. The number of methoxy groups -OCH3 is 1. The molecule has 0 saturated carbocycles. The quantitative estimate of drug-likeness (QED) is 0.653. The van der Waals surface area contributed by atoms with Crippen LogP contribution >= 0.6 is 0 Å². The van der Waals surface area contributed by atoms with Crippen LogP contribution in [0.25, 0.3) is 11.0 Å². The zero-order valence-corrected chi connectivity index (χ0v) is 8.29. The first-order valence-electron chi connectivity index (χ1n) is 4.52. The smallest absolute Gasteiger partial charge is 0.423 e. The Bertz CT molecular complexity index is 469. The van der Waals surface area contributed by atoms with Gasteiger partial charge in [0.25, 0.3) is 0 Å². The highest BCUT2D eigenvalue weighted by atomic mass is 16.5. The van der Waals surface area contributed by atoms with Gasteiger partial charge in [0.1, 0.15) is 12.4 Å². The van der Waals surface area contributed by atoms with E-state index in [1.807, 2.05) is 16.8 Å². The van der Waals surface area contributed by atoms with Gasteiger partial charge in [-0.15, -0.1) is 0 Å². The van der Waals surface area contributed by atoms with Crippen LogP contribution in [0.15, 0.2) is 24.5 Å². The summed E-state index contributed by atoms with van der Waals surface area (Å²) in [5.41, 5.74) is 1.15. The van der Waals surface area contributed by atoms with E-state index in [1.165, 1.54) is 6.20 Å². The van der Waals surface area contributed by atoms with Gasteiger partial charge in [-0.2, -0.15) is 0 Å². The number of rotatable bonds is 3. The average Bonchev–Trinajstić information content (AvgIpc) is 2.61.